The molecule has 3 N–H and O–H groups in total. The Labute approximate surface area is 162 Å². The van der Waals surface area contributed by atoms with Gasteiger partial charge in [-0.05, 0) is 31.0 Å². The average molecular weight is 367 g/mol. The molecule has 0 bridgehead atoms. The van der Waals surface area contributed by atoms with Gasteiger partial charge in [-0.15, -0.1) is 0 Å². The SMILES string of the molecule is Cc1ccc(-c2cc(C(C)(C)CN3CCOCC3)nc(C)c2C(=N)N)cc1. The minimum Gasteiger partial charge on any atom is -0.384 e. The third-order valence-corrected chi connectivity index (χ3v) is 5.25. The summed E-state index contributed by atoms with van der Waals surface area (Å²) in [6.07, 6.45) is 0. The molecule has 0 saturated carbocycles. The molecule has 1 fully saturated rings. The fraction of sp³-hybridized carbons (Fsp3) is 0.455. The second-order valence-corrected chi connectivity index (χ2v) is 8.07. The number of aryl methyl sites for hydroxylation is 2. The van der Waals surface area contributed by atoms with Crippen molar-refractivity contribution in [2.45, 2.75) is 33.1 Å². The summed E-state index contributed by atoms with van der Waals surface area (Å²) in [4.78, 5) is 7.29. The lowest BCUT2D eigenvalue weighted by Crippen LogP contribution is -2.43. The van der Waals surface area contributed by atoms with Crippen molar-refractivity contribution in [2.24, 2.45) is 5.73 Å². The Balaban J connectivity index is 2.03. The third-order valence-electron chi connectivity index (χ3n) is 5.25. The predicted molar refractivity (Wildman–Crippen MR) is 110 cm³/mol. The second kappa shape index (κ2) is 7.79. The van der Waals surface area contributed by atoms with E-state index < -0.39 is 0 Å². The molecular weight excluding hydrogens is 336 g/mol. The first-order valence-electron chi connectivity index (χ1n) is 9.51. The molecule has 3 rings (SSSR count). The molecule has 5 heteroatoms. The number of pyridine rings is 1. The highest BCUT2D eigenvalue weighted by Crippen LogP contribution is 2.32. The van der Waals surface area contributed by atoms with E-state index in [-0.39, 0.29) is 11.3 Å². The van der Waals surface area contributed by atoms with Crippen molar-refractivity contribution < 1.29 is 4.74 Å². The highest BCUT2D eigenvalue weighted by Gasteiger charge is 2.28. The van der Waals surface area contributed by atoms with Crippen LogP contribution < -0.4 is 5.73 Å². The number of benzene rings is 1. The molecule has 5 nitrogen and oxygen atoms in total. The number of nitrogen functional groups attached to an aromatic ring is 1. The third kappa shape index (κ3) is 4.37. The van der Waals surface area contributed by atoms with Crippen molar-refractivity contribution in [3.8, 4) is 11.1 Å². The Bertz CT molecular complexity index is 821. The van der Waals surface area contributed by atoms with Gasteiger partial charge in [-0.25, -0.2) is 0 Å². The molecule has 1 saturated heterocycles. The van der Waals surface area contributed by atoms with E-state index in [1.54, 1.807) is 0 Å². The van der Waals surface area contributed by atoms with Gasteiger partial charge in [0.05, 0.1) is 13.2 Å². The van der Waals surface area contributed by atoms with Gasteiger partial charge >= 0.3 is 0 Å². The van der Waals surface area contributed by atoms with E-state index in [0.717, 1.165) is 60.9 Å². The smallest absolute Gasteiger partial charge is 0.125 e. The monoisotopic (exact) mass is 366 g/mol. The molecular formula is C22H30N4O. The summed E-state index contributed by atoms with van der Waals surface area (Å²) in [6.45, 7) is 12.9. The molecule has 0 radical (unpaired) electrons. The van der Waals surface area contributed by atoms with Gasteiger partial charge in [0, 0.05) is 42.0 Å². The fourth-order valence-electron chi connectivity index (χ4n) is 3.72. The number of nitrogens with zero attached hydrogens (tertiary/aromatic N) is 2. The number of amidine groups is 1. The molecule has 1 aromatic heterocycles. The van der Waals surface area contributed by atoms with Crippen LogP contribution in [-0.2, 0) is 10.2 Å². The van der Waals surface area contributed by atoms with Gasteiger partial charge < -0.3 is 10.5 Å². The highest BCUT2D eigenvalue weighted by atomic mass is 16.5. The largest absolute Gasteiger partial charge is 0.384 e. The van der Waals surface area contributed by atoms with Crippen LogP contribution in [0.2, 0.25) is 0 Å². The number of morpholine rings is 1. The summed E-state index contributed by atoms with van der Waals surface area (Å²) in [7, 11) is 0. The van der Waals surface area contributed by atoms with Crippen LogP contribution in [0.15, 0.2) is 30.3 Å². The summed E-state index contributed by atoms with van der Waals surface area (Å²) >= 11 is 0. The van der Waals surface area contributed by atoms with Crippen LogP contribution in [-0.4, -0.2) is 48.6 Å². The van der Waals surface area contributed by atoms with Crippen LogP contribution in [0.3, 0.4) is 0 Å². The average Bonchev–Trinajstić information content (AvgIpc) is 2.62. The molecule has 0 unspecified atom stereocenters. The lowest BCUT2D eigenvalue weighted by atomic mass is 9.85. The van der Waals surface area contributed by atoms with E-state index in [4.69, 9.17) is 20.9 Å². The Kier molecular flexibility index (Phi) is 5.63. The van der Waals surface area contributed by atoms with Gasteiger partial charge in [-0.1, -0.05) is 43.7 Å². The van der Waals surface area contributed by atoms with E-state index in [0.29, 0.717) is 0 Å². The van der Waals surface area contributed by atoms with Crippen molar-refractivity contribution in [3.05, 3.63) is 52.8 Å². The molecule has 1 aliphatic rings. The summed E-state index contributed by atoms with van der Waals surface area (Å²) in [5, 5.41) is 8.06. The minimum absolute atomic E-state index is 0.0631. The number of nitrogens with two attached hydrogens (primary N) is 1. The van der Waals surface area contributed by atoms with Gasteiger partial charge in [0.2, 0.25) is 0 Å². The number of nitrogens with one attached hydrogen (secondary N) is 1. The lowest BCUT2D eigenvalue weighted by molar-refractivity contribution is 0.0292. The number of rotatable bonds is 5. The molecule has 1 aromatic carbocycles. The zero-order chi connectivity index (χ0) is 19.6. The van der Waals surface area contributed by atoms with Crippen LogP contribution >= 0.6 is 0 Å². The van der Waals surface area contributed by atoms with Crippen molar-refractivity contribution in [3.63, 3.8) is 0 Å². The van der Waals surface area contributed by atoms with Gasteiger partial charge in [0.25, 0.3) is 0 Å². The first kappa shape index (κ1) is 19.5. The predicted octanol–water partition coefficient (Wildman–Crippen LogP) is 3.26. The quantitative estimate of drug-likeness (QED) is 0.629. The van der Waals surface area contributed by atoms with Crippen LogP contribution in [0.25, 0.3) is 11.1 Å². The first-order chi connectivity index (χ1) is 12.8. The number of hydrogen-bond donors (Lipinski definition) is 2. The van der Waals surface area contributed by atoms with E-state index in [1.165, 1.54) is 5.56 Å². The molecule has 0 aliphatic carbocycles. The zero-order valence-corrected chi connectivity index (χ0v) is 16.8. The van der Waals surface area contributed by atoms with E-state index in [2.05, 4.69) is 56.0 Å². The van der Waals surface area contributed by atoms with Gasteiger partial charge in [0.15, 0.2) is 0 Å². The molecule has 27 heavy (non-hydrogen) atoms. The highest BCUT2D eigenvalue weighted by molar-refractivity contribution is 6.02. The Morgan fingerprint density at radius 3 is 2.41 bits per heavy atom. The maximum atomic E-state index is 8.06. The summed E-state index contributed by atoms with van der Waals surface area (Å²) in [6, 6.07) is 10.5. The Hall–Kier alpha value is -2.24. The zero-order valence-electron chi connectivity index (χ0n) is 16.8. The lowest BCUT2D eigenvalue weighted by Gasteiger charge is -2.35. The topological polar surface area (TPSA) is 75.2 Å². The standard InChI is InChI=1S/C22H30N4O/c1-15-5-7-17(8-6-15)18-13-19(25-16(2)20(18)21(23)24)22(3,4)14-26-9-11-27-12-10-26/h5-8,13H,9-12,14H2,1-4H3,(H3,23,24). The van der Waals surface area contributed by atoms with Crippen molar-refractivity contribution in [1.82, 2.24) is 9.88 Å². The maximum Gasteiger partial charge on any atom is 0.125 e. The Morgan fingerprint density at radius 2 is 1.81 bits per heavy atom. The number of ether oxygens (including phenoxy) is 1. The van der Waals surface area contributed by atoms with E-state index in [1.807, 2.05) is 6.92 Å². The summed E-state index contributed by atoms with van der Waals surface area (Å²) in [5.41, 5.74) is 11.6. The summed E-state index contributed by atoms with van der Waals surface area (Å²) < 4.78 is 5.47. The minimum atomic E-state index is -0.114. The van der Waals surface area contributed by atoms with E-state index in [9.17, 15) is 0 Å². The van der Waals surface area contributed by atoms with Crippen molar-refractivity contribution in [2.75, 3.05) is 32.8 Å². The number of hydrogen-bond acceptors (Lipinski definition) is 4. The summed E-state index contributed by atoms with van der Waals surface area (Å²) in [5.74, 6) is 0.0631. The Morgan fingerprint density at radius 1 is 1.19 bits per heavy atom. The fourth-order valence-corrected chi connectivity index (χ4v) is 3.72. The van der Waals surface area contributed by atoms with Gasteiger partial charge in [0.1, 0.15) is 5.84 Å². The molecule has 2 heterocycles. The molecule has 2 aromatic rings. The molecule has 1 aliphatic heterocycles. The number of aromatic nitrogens is 1. The first-order valence-corrected chi connectivity index (χ1v) is 9.51. The van der Waals surface area contributed by atoms with Crippen LogP contribution in [0.5, 0.6) is 0 Å². The van der Waals surface area contributed by atoms with Crippen LogP contribution in [0.4, 0.5) is 0 Å². The second-order valence-electron chi connectivity index (χ2n) is 8.07. The van der Waals surface area contributed by atoms with Crippen molar-refractivity contribution >= 4 is 5.84 Å². The van der Waals surface area contributed by atoms with Gasteiger partial charge in [-0.3, -0.25) is 15.3 Å². The molecule has 0 spiro atoms. The maximum absolute atomic E-state index is 8.06. The van der Waals surface area contributed by atoms with Crippen molar-refractivity contribution in [1.29, 1.82) is 5.41 Å². The van der Waals surface area contributed by atoms with Crippen LogP contribution in [0, 0.1) is 19.3 Å². The molecule has 144 valence electrons. The molecule has 0 atom stereocenters. The normalized spacial score (nSPS) is 15.7. The molecule has 0 amide bonds. The van der Waals surface area contributed by atoms with Crippen LogP contribution in [0.1, 0.15) is 36.4 Å². The van der Waals surface area contributed by atoms with Gasteiger partial charge in [-0.2, -0.15) is 0 Å². The van der Waals surface area contributed by atoms with E-state index >= 15 is 0 Å².